The lowest BCUT2D eigenvalue weighted by atomic mass is 10.2. The van der Waals surface area contributed by atoms with Gasteiger partial charge in [-0.05, 0) is 32.0 Å². The van der Waals surface area contributed by atoms with Gasteiger partial charge in [-0.25, -0.2) is 17.4 Å². The van der Waals surface area contributed by atoms with Crippen LogP contribution in [-0.4, -0.2) is 24.0 Å². The largest absolute Gasteiger partial charge is 0.492 e. The molecular formula is C16H17N3O3S. The first-order chi connectivity index (χ1) is 10.9. The smallest absolute Gasteiger partial charge is 0.269 e. The summed E-state index contributed by atoms with van der Waals surface area (Å²) < 4.78 is 32.5. The van der Waals surface area contributed by atoms with Crippen molar-refractivity contribution in [3.05, 3.63) is 48.3 Å². The van der Waals surface area contributed by atoms with Crippen LogP contribution in [0.1, 0.15) is 12.5 Å². The van der Waals surface area contributed by atoms with E-state index in [-0.39, 0.29) is 4.90 Å². The molecule has 0 aliphatic heterocycles. The molecule has 2 aromatic heterocycles. The lowest BCUT2D eigenvalue weighted by molar-refractivity contribution is 0.344. The number of nitrogens with zero attached hydrogens (tertiary/aromatic N) is 2. The summed E-state index contributed by atoms with van der Waals surface area (Å²) in [5.41, 5.74) is 7.49. The number of pyridine rings is 1. The van der Waals surface area contributed by atoms with Crippen molar-refractivity contribution in [1.29, 1.82) is 0 Å². The molecule has 0 unspecified atom stereocenters. The van der Waals surface area contributed by atoms with E-state index in [4.69, 9.17) is 10.5 Å². The number of hydrogen-bond donors (Lipinski definition) is 1. The summed E-state index contributed by atoms with van der Waals surface area (Å²) in [6.45, 7) is 4.15. The number of aromatic nitrogens is 2. The predicted octanol–water partition coefficient (Wildman–Crippen LogP) is 2.56. The van der Waals surface area contributed by atoms with E-state index in [0.717, 1.165) is 9.54 Å². The second-order valence-electron chi connectivity index (χ2n) is 5.18. The van der Waals surface area contributed by atoms with Crippen molar-refractivity contribution in [3.63, 3.8) is 0 Å². The highest BCUT2D eigenvalue weighted by molar-refractivity contribution is 7.90. The van der Waals surface area contributed by atoms with Crippen molar-refractivity contribution in [3.8, 4) is 5.75 Å². The summed E-state index contributed by atoms with van der Waals surface area (Å²) in [5.74, 6) is 0.443. The molecular weight excluding hydrogens is 314 g/mol. The number of aryl methyl sites for hydroxylation is 1. The fourth-order valence-corrected chi connectivity index (χ4v) is 3.66. The van der Waals surface area contributed by atoms with E-state index in [2.05, 4.69) is 4.98 Å². The lowest BCUT2D eigenvalue weighted by Crippen LogP contribution is -2.12. The molecule has 0 bridgehead atoms. The molecule has 0 fully saturated rings. The normalized spacial score (nSPS) is 11.7. The summed E-state index contributed by atoms with van der Waals surface area (Å²) >= 11 is 0. The molecule has 0 saturated carbocycles. The Labute approximate surface area is 134 Å². The number of ether oxygens (including phenoxy) is 1. The molecule has 6 nitrogen and oxygen atoms in total. The van der Waals surface area contributed by atoms with Gasteiger partial charge in [0.15, 0.2) is 5.65 Å². The van der Waals surface area contributed by atoms with Gasteiger partial charge in [-0.2, -0.15) is 0 Å². The number of fused-ring (bicyclic) bond motifs is 1. The van der Waals surface area contributed by atoms with Gasteiger partial charge in [0.25, 0.3) is 10.0 Å². The molecule has 2 heterocycles. The van der Waals surface area contributed by atoms with Crippen LogP contribution < -0.4 is 10.5 Å². The number of hydrogen-bond acceptors (Lipinski definition) is 5. The van der Waals surface area contributed by atoms with Gasteiger partial charge in [-0.3, -0.25) is 0 Å². The van der Waals surface area contributed by atoms with Crippen LogP contribution in [0, 0.1) is 6.92 Å². The summed E-state index contributed by atoms with van der Waals surface area (Å²) in [4.78, 5) is 4.37. The molecule has 0 amide bonds. The average molecular weight is 331 g/mol. The van der Waals surface area contributed by atoms with Crippen LogP contribution in [0.5, 0.6) is 5.75 Å². The molecule has 0 radical (unpaired) electrons. The van der Waals surface area contributed by atoms with E-state index >= 15 is 0 Å². The van der Waals surface area contributed by atoms with E-state index in [9.17, 15) is 8.42 Å². The monoisotopic (exact) mass is 331 g/mol. The van der Waals surface area contributed by atoms with Gasteiger partial charge < -0.3 is 10.5 Å². The van der Waals surface area contributed by atoms with Crippen LogP contribution in [0.15, 0.2) is 47.6 Å². The molecule has 0 spiro atoms. The molecule has 0 atom stereocenters. The number of nitrogen functional groups attached to an aromatic ring is 1. The second-order valence-corrected chi connectivity index (χ2v) is 7.00. The first kappa shape index (κ1) is 15.4. The van der Waals surface area contributed by atoms with E-state index in [0.29, 0.717) is 29.1 Å². The first-order valence-electron chi connectivity index (χ1n) is 7.15. The number of benzene rings is 1. The van der Waals surface area contributed by atoms with Crippen LogP contribution >= 0.6 is 0 Å². The highest BCUT2D eigenvalue weighted by atomic mass is 32.2. The maximum Gasteiger partial charge on any atom is 0.269 e. The molecule has 2 N–H and O–H groups in total. The Morgan fingerprint density at radius 2 is 1.96 bits per heavy atom. The minimum absolute atomic E-state index is 0.196. The zero-order valence-electron chi connectivity index (χ0n) is 12.9. The van der Waals surface area contributed by atoms with Crippen molar-refractivity contribution >= 4 is 26.7 Å². The van der Waals surface area contributed by atoms with Crippen LogP contribution in [0.2, 0.25) is 0 Å². The summed E-state index contributed by atoms with van der Waals surface area (Å²) in [7, 11) is -3.76. The Morgan fingerprint density at radius 3 is 2.61 bits per heavy atom. The van der Waals surface area contributed by atoms with Crippen LogP contribution in [0.25, 0.3) is 11.0 Å². The fraction of sp³-hybridized carbons (Fsp3) is 0.188. The van der Waals surface area contributed by atoms with Crippen molar-refractivity contribution in [2.75, 3.05) is 12.3 Å². The van der Waals surface area contributed by atoms with Gasteiger partial charge in [0, 0.05) is 0 Å². The van der Waals surface area contributed by atoms with Crippen molar-refractivity contribution in [2.45, 2.75) is 18.7 Å². The Hall–Kier alpha value is -2.54. The van der Waals surface area contributed by atoms with Crippen molar-refractivity contribution in [1.82, 2.24) is 8.96 Å². The zero-order valence-corrected chi connectivity index (χ0v) is 13.7. The SMILES string of the molecule is CCOc1cn(S(=O)(=O)c2ccc(C)cc2)c2ncc(N)cc12. The first-order valence-corrected chi connectivity index (χ1v) is 8.59. The van der Waals surface area contributed by atoms with Crippen molar-refractivity contribution in [2.24, 2.45) is 0 Å². The number of rotatable bonds is 4. The average Bonchev–Trinajstić information content (AvgIpc) is 2.87. The number of anilines is 1. The predicted molar refractivity (Wildman–Crippen MR) is 89.1 cm³/mol. The van der Waals surface area contributed by atoms with Crippen LogP contribution in [-0.2, 0) is 10.0 Å². The maximum atomic E-state index is 12.9. The quantitative estimate of drug-likeness (QED) is 0.794. The summed E-state index contributed by atoms with van der Waals surface area (Å²) in [6, 6.07) is 8.33. The Balaban J connectivity index is 2.25. The van der Waals surface area contributed by atoms with E-state index in [1.807, 2.05) is 13.8 Å². The maximum absolute atomic E-state index is 12.9. The molecule has 0 aliphatic rings. The van der Waals surface area contributed by atoms with Crippen LogP contribution in [0.4, 0.5) is 5.69 Å². The topological polar surface area (TPSA) is 87.2 Å². The van der Waals surface area contributed by atoms with Crippen molar-refractivity contribution < 1.29 is 13.2 Å². The lowest BCUT2D eigenvalue weighted by Gasteiger charge is -2.07. The highest BCUT2D eigenvalue weighted by Gasteiger charge is 2.22. The number of nitrogens with two attached hydrogens (primary N) is 1. The Bertz CT molecular complexity index is 960. The summed E-state index contributed by atoms with van der Waals surface area (Å²) in [6.07, 6.45) is 2.87. The third kappa shape index (κ3) is 2.63. The molecule has 7 heteroatoms. The van der Waals surface area contributed by atoms with Gasteiger partial charge in [-0.15, -0.1) is 0 Å². The zero-order chi connectivity index (χ0) is 16.6. The van der Waals surface area contributed by atoms with E-state index < -0.39 is 10.0 Å². The Kier molecular flexibility index (Phi) is 3.73. The molecule has 0 aliphatic carbocycles. The molecule has 0 saturated heterocycles. The molecule has 1 aromatic carbocycles. The minimum atomic E-state index is -3.76. The molecule has 23 heavy (non-hydrogen) atoms. The third-order valence-electron chi connectivity index (χ3n) is 3.47. The highest BCUT2D eigenvalue weighted by Crippen LogP contribution is 2.31. The molecule has 3 rings (SSSR count). The molecule has 3 aromatic rings. The minimum Gasteiger partial charge on any atom is -0.492 e. The second kappa shape index (κ2) is 5.58. The van der Waals surface area contributed by atoms with Gasteiger partial charge >= 0.3 is 0 Å². The van der Waals surface area contributed by atoms with Crippen LogP contribution in [0.3, 0.4) is 0 Å². The van der Waals surface area contributed by atoms with E-state index in [1.165, 1.54) is 12.4 Å². The Morgan fingerprint density at radius 1 is 1.26 bits per heavy atom. The van der Waals surface area contributed by atoms with Gasteiger partial charge in [0.2, 0.25) is 0 Å². The van der Waals surface area contributed by atoms with E-state index in [1.54, 1.807) is 30.3 Å². The van der Waals surface area contributed by atoms with Gasteiger partial charge in [0.05, 0.1) is 35.0 Å². The van der Waals surface area contributed by atoms with Gasteiger partial charge in [0.1, 0.15) is 5.75 Å². The standard InChI is InChI=1S/C16H17N3O3S/c1-3-22-15-10-19(16-14(15)8-12(17)9-18-16)23(20,21)13-6-4-11(2)5-7-13/h4-10H,3,17H2,1-2H3. The molecule has 120 valence electrons. The summed E-state index contributed by atoms with van der Waals surface area (Å²) in [5, 5.41) is 0.572. The fourth-order valence-electron chi connectivity index (χ4n) is 2.35. The third-order valence-corrected chi connectivity index (χ3v) is 5.14. The van der Waals surface area contributed by atoms with Gasteiger partial charge in [-0.1, -0.05) is 17.7 Å².